The van der Waals surface area contributed by atoms with Gasteiger partial charge in [-0.25, -0.2) is 4.98 Å². The molecule has 4 rings (SSSR count). The molecule has 0 aliphatic carbocycles. The molecule has 0 spiro atoms. The Hall–Kier alpha value is -3.60. The second kappa shape index (κ2) is 7.96. The molecule has 1 aromatic heterocycles. The third-order valence-electron chi connectivity index (χ3n) is 4.63. The molecule has 0 bridgehead atoms. The Morgan fingerprint density at radius 3 is 2.61 bits per heavy atom. The van der Waals surface area contributed by atoms with E-state index in [9.17, 15) is 4.79 Å². The van der Waals surface area contributed by atoms with Gasteiger partial charge in [-0.3, -0.25) is 4.79 Å². The Kier molecular flexibility index (Phi) is 5.06. The van der Waals surface area contributed by atoms with Gasteiger partial charge in [-0.05, 0) is 35.9 Å². The first-order valence-electron chi connectivity index (χ1n) is 9.16. The van der Waals surface area contributed by atoms with E-state index < -0.39 is 0 Å². The van der Waals surface area contributed by atoms with Crippen molar-refractivity contribution in [2.75, 3.05) is 0 Å². The molecule has 0 saturated carbocycles. The number of benzene rings is 3. The second-order valence-corrected chi connectivity index (χ2v) is 6.56. The van der Waals surface area contributed by atoms with Gasteiger partial charge in [0, 0.05) is 12.6 Å². The molecule has 28 heavy (non-hydrogen) atoms. The second-order valence-electron chi connectivity index (χ2n) is 6.56. The van der Waals surface area contributed by atoms with Gasteiger partial charge in [-0.1, -0.05) is 48.5 Å². The van der Waals surface area contributed by atoms with Crippen LogP contribution in [0.2, 0.25) is 0 Å². The summed E-state index contributed by atoms with van der Waals surface area (Å²) in [7, 11) is 1.95. The van der Waals surface area contributed by atoms with E-state index in [2.05, 4.69) is 10.3 Å². The smallest absolute Gasteiger partial charge is 0.251 e. The van der Waals surface area contributed by atoms with Crippen LogP contribution in [0.25, 0.3) is 11.0 Å². The first-order chi connectivity index (χ1) is 13.7. The monoisotopic (exact) mass is 371 g/mol. The number of fused-ring (bicyclic) bond motifs is 1. The molecule has 140 valence electrons. The molecule has 1 amide bonds. The minimum absolute atomic E-state index is 0.155. The molecule has 3 aromatic carbocycles. The highest BCUT2D eigenvalue weighted by Gasteiger charge is 2.11. The summed E-state index contributed by atoms with van der Waals surface area (Å²) in [5, 5.41) is 2.94. The quantitative estimate of drug-likeness (QED) is 0.556. The number of carbonyl (C=O) groups is 1. The first kappa shape index (κ1) is 17.8. The fraction of sp³-hybridized carbons (Fsp3) is 0.130. The van der Waals surface area contributed by atoms with Crippen LogP contribution in [0.3, 0.4) is 0 Å². The van der Waals surface area contributed by atoms with E-state index >= 15 is 0 Å². The van der Waals surface area contributed by atoms with Crippen molar-refractivity contribution < 1.29 is 9.53 Å². The molecule has 5 nitrogen and oxygen atoms in total. The van der Waals surface area contributed by atoms with Crippen LogP contribution < -0.4 is 10.1 Å². The van der Waals surface area contributed by atoms with Crippen LogP contribution in [0.15, 0.2) is 78.9 Å². The summed E-state index contributed by atoms with van der Waals surface area (Å²) in [6.07, 6.45) is 0. The van der Waals surface area contributed by atoms with Gasteiger partial charge >= 0.3 is 0 Å². The molecule has 0 aliphatic heterocycles. The van der Waals surface area contributed by atoms with Gasteiger partial charge < -0.3 is 14.6 Å². The van der Waals surface area contributed by atoms with Gasteiger partial charge in [-0.2, -0.15) is 0 Å². The molecule has 0 unspecified atom stereocenters. The van der Waals surface area contributed by atoms with Crippen molar-refractivity contribution in [3.8, 4) is 5.75 Å². The molecule has 1 heterocycles. The normalized spacial score (nSPS) is 10.8. The van der Waals surface area contributed by atoms with Gasteiger partial charge in [0.05, 0.1) is 17.6 Å². The lowest BCUT2D eigenvalue weighted by Gasteiger charge is -2.09. The predicted molar refractivity (Wildman–Crippen MR) is 109 cm³/mol. The number of rotatable bonds is 6. The fourth-order valence-electron chi connectivity index (χ4n) is 3.08. The molecule has 4 aromatic rings. The third-order valence-corrected chi connectivity index (χ3v) is 4.63. The Balaban J connectivity index is 1.41. The van der Waals surface area contributed by atoms with Crippen LogP contribution >= 0.6 is 0 Å². The summed E-state index contributed by atoms with van der Waals surface area (Å²) < 4.78 is 7.80. The Labute approximate surface area is 163 Å². The molecule has 5 heteroatoms. The Morgan fingerprint density at radius 2 is 1.79 bits per heavy atom. The number of para-hydroxylation sites is 2. The minimum atomic E-state index is -0.155. The maximum Gasteiger partial charge on any atom is 0.251 e. The average molecular weight is 371 g/mol. The molecule has 0 saturated heterocycles. The number of hydrogen-bond acceptors (Lipinski definition) is 3. The van der Waals surface area contributed by atoms with Crippen LogP contribution in [0.1, 0.15) is 21.7 Å². The third kappa shape index (κ3) is 3.88. The number of carbonyl (C=O) groups excluding carboxylic acids is 1. The van der Waals surface area contributed by atoms with Crippen LogP contribution in [-0.4, -0.2) is 15.5 Å². The van der Waals surface area contributed by atoms with Crippen molar-refractivity contribution in [3.63, 3.8) is 0 Å². The van der Waals surface area contributed by atoms with Crippen LogP contribution in [0.5, 0.6) is 5.75 Å². The first-order valence-corrected chi connectivity index (χ1v) is 9.16. The summed E-state index contributed by atoms with van der Waals surface area (Å²) in [5.41, 5.74) is 3.61. The molecule has 0 atom stereocenters. The van der Waals surface area contributed by atoms with Gasteiger partial charge in [0.1, 0.15) is 18.2 Å². The number of imidazole rings is 1. The van der Waals surface area contributed by atoms with Gasteiger partial charge in [0.15, 0.2) is 0 Å². The van der Waals surface area contributed by atoms with Crippen molar-refractivity contribution in [2.24, 2.45) is 7.05 Å². The van der Waals surface area contributed by atoms with E-state index in [0.717, 1.165) is 22.4 Å². The maximum atomic E-state index is 12.6. The summed E-state index contributed by atoms with van der Waals surface area (Å²) in [4.78, 5) is 17.1. The molecule has 0 radical (unpaired) electrons. The number of nitrogens with zero attached hydrogens (tertiary/aromatic N) is 2. The van der Waals surface area contributed by atoms with E-state index in [1.165, 1.54) is 0 Å². The summed E-state index contributed by atoms with van der Waals surface area (Å²) in [6, 6.07) is 25.1. The summed E-state index contributed by atoms with van der Waals surface area (Å²) in [5.74, 6) is 1.32. The lowest BCUT2D eigenvalue weighted by Crippen LogP contribution is -2.24. The van der Waals surface area contributed by atoms with Gasteiger partial charge in [0.2, 0.25) is 0 Å². The van der Waals surface area contributed by atoms with E-state index in [4.69, 9.17) is 4.74 Å². The zero-order valence-electron chi connectivity index (χ0n) is 15.6. The topological polar surface area (TPSA) is 56.2 Å². The van der Waals surface area contributed by atoms with Crippen molar-refractivity contribution in [3.05, 3.63) is 95.8 Å². The summed E-state index contributed by atoms with van der Waals surface area (Å²) in [6.45, 7) is 0.824. The number of aryl methyl sites for hydroxylation is 1. The fourth-order valence-corrected chi connectivity index (χ4v) is 3.08. The number of nitrogens with one attached hydrogen (secondary N) is 1. The van der Waals surface area contributed by atoms with Crippen LogP contribution in [0.4, 0.5) is 0 Å². The number of hydrogen-bond donors (Lipinski definition) is 1. The average Bonchev–Trinajstić information content (AvgIpc) is 3.07. The van der Waals surface area contributed by atoms with Gasteiger partial charge in [-0.15, -0.1) is 0 Å². The minimum Gasteiger partial charge on any atom is -0.489 e. The van der Waals surface area contributed by atoms with E-state index in [-0.39, 0.29) is 5.91 Å². The molecule has 1 N–H and O–H groups in total. The standard InChI is InChI=1S/C23H21N3O2/c1-26-21-13-6-5-12-20(21)25-22(26)15-24-23(27)18-10-7-11-19(14-18)28-16-17-8-3-2-4-9-17/h2-14H,15-16H2,1H3,(H,24,27). The van der Waals surface area contributed by atoms with E-state index in [1.54, 1.807) is 12.1 Å². The van der Waals surface area contributed by atoms with Gasteiger partial charge in [0.25, 0.3) is 5.91 Å². The van der Waals surface area contributed by atoms with Crippen LogP contribution in [0, 0.1) is 0 Å². The molecular weight excluding hydrogens is 350 g/mol. The number of amides is 1. The lowest BCUT2D eigenvalue weighted by molar-refractivity contribution is 0.0949. The van der Waals surface area contributed by atoms with Crippen molar-refractivity contribution >= 4 is 16.9 Å². The van der Waals surface area contributed by atoms with E-state index in [1.807, 2.05) is 78.3 Å². The highest BCUT2D eigenvalue weighted by Crippen LogP contribution is 2.16. The maximum absolute atomic E-state index is 12.6. The van der Waals surface area contributed by atoms with Crippen LogP contribution in [-0.2, 0) is 20.2 Å². The molecular formula is C23H21N3O2. The molecule has 0 fully saturated rings. The SMILES string of the molecule is Cn1c(CNC(=O)c2cccc(OCc3ccccc3)c2)nc2ccccc21. The largest absolute Gasteiger partial charge is 0.489 e. The Bertz CT molecular complexity index is 1100. The zero-order chi connectivity index (χ0) is 19.3. The summed E-state index contributed by atoms with van der Waals surface area (Å²) >= 11 is 0. The number of aromatic nitrogens is 2. The van der Waals surface area contributed by atoms with Crippen molar-refractivity contribution in [1.82, 2.24) is 14.9 Å². The van der Waals surface area contributed by atoms with Crippen molar-refractivity contribution in [2.45, 2.75) is 13.2 Å². The Morgan fingerprint density at radius 1 is 1.00 bits per heavy atom. The number of ether oxygens (including phenoxy) is 1. The predicted octanol–water partition coefficient (Wildman–Crippen LogP) is 4.08. The van der Waals surface area contributed by atoms with E-state index in [0.29, 0.717) is 24.5 Å². The zero-order valence-corrected chi connectivity index (χ0v) is 15.6. The highest BCUT2D eigenvalue weighted by molar-refractivity contribution is 5.94. The molecule has 0 aliphatic rings. The van der Waals surface area contributed by atoms with Crippen molar-refractivity contribution in [1.29, 1.82) is 0 Å². The highest BCUT2D eigenvalue weighted by atomic mass is 16.5. The lowest BCUT2D eigenvalue weighted by atomic mass is 10.2.